The smallest absolute Gasteiger partial charge is 0.331 e. The minimum Gasteiger partial charge on any atom is -0.497 e. The Morgan fingerprint density at radius 3 is 2.74 bits per heavy atom. The number of imide groups is 1. The first-order valence-corrected chi connectivity index (χ1v) is 9.07. The Bertz CT molecular complexity index is 701. The molecule has 0 spiro atoms. The molecule has 1 aliphatic rings. The van der Waals surface area contributed by atoms with Gasteiger partial charge in [-0.05, 0) is 42.5 Å². The SMILES string of the molecule is COc1cccc(/C=C/C(=O)OCC(=O)NC(=O)N[C@@H]2CCCC[C@H]2C)c1. The van der Waals surface area contributed by atoms with Crippen LogP contribution in [0.2, 0.25) is 0 Å². The van der Waals surface area contributed by atoms with Gasteiger partial charge >= 0.3 is 12.0 Å². The van der Waals surface area contributed by atoms with Crippen molar-refractivity contribution in [2.45, 2.75) is 38.6 Å². The quantitative estimate of drug-likeness (QED) is 0.590. The minimum absolute atomic E-state index is 0.0693. The number of nitrogens with one attached hydrogen (secondary N) is 2. The van der Waals surface area contributed by atoms with Gasteiger partial charge in [-0.15, -0.1) is 0 Å². The van der Waals surface area contributed by atoms with Crippen LogP contribution in [0.5, 0.6) is 5.75 Å². The number of urea groups is 1. The van der Waals surface area contributed by atoms with Crippen LogP contribution in [0.4, 0.5) is 4.79 Å². The highest BCUT2D eigenvalue weighted by molar-refractivity contribution is 5.96. The summed E-state index contributed by atoms with van der Waals surface area (Å²) in [6.45, 7) is 1.57. The fourth-order valence-corrected chi connectivity index (χ4v) is 2.99. The number of carbonyl (C=O) groups excluding carboxylic acids is 3. The van der Waals surface area contributed by atoms with Gasteiger partial charge in [0.15, 0.2) is 6.61 Å². The van der Waals surface area contributed by atoms with Crippen LogP contribution in [0.15, 0.2) is 30.3 Å². The zero-order valence-corrected chi connectivity index (χ0v) is 15.7. The standard InChI is InChI=1S/C20H26N2O5/c1-14-6-3-4-9-17(14)21-20(25)22-18(23)13-27-19(24)11-10-15-7-5-8-16(12-15)26-2/h5,7-8,10-12,14,17H,3-4,6,9,13H2,1-2H3,(H2,21,22,23,25)/b11-10+/t14-,17-/m1/s1. The average Bonchev–Trinajstić information content (AvgIpc) is 2.66. The first-order valence-electron chi connectivity index (χ1n) is 9.07. The molecule has 3 amide bonds. The van der Waals surface area contributed by atoms with E-state index in [-0.39, 0.29) is 6.04 Å². The summed E-state index contributed by atoms with van der Waals surface area (Å²) in [7, 11) is 1.56. The fraction of sp³-hybridized carbons (Fsp3) is 0.450. The van der Waals surface area contributed by atoms with Crippen molar-refractivity contribution in [1.82, 2.24) is 10.6 Å². The number of hydrogen-bond acceptors (Lipinski definition) is 5. The molecule has 0 bridgehead atoms. The van der Waals surface area contributed by atoms with E-state index in [0.29, 0.717) is 11.7 Å². The number of carbonyl (C=O) groups is 3. The summed E-state index contributed by atoms with van der Waals surface area (Å²) >= 11 is 0. The van der Waals surface area contributed by atoms with Gasteiger partial charge in [0.25, 0.3) is 5.91 Å². The molecule has 7 nitrogen and oxygen atoms in total. The van der Waals surface area contributed by atoms with E-state index in [9.17, 15) is 14.4 Å². The third-order valence-corrected chi connectivity index (χ3v) is 4.53. The van der Waals surface area contributed by atoms with Crippen molar-refractivity contribution in [2.75, 3.05) is 13.7 Å². The first kappa shape index (κ1) is 20.5. The number of methoxy groups -OCH3 is 1. The van der Waals surface area contributed by atoms with Gasteiger partial charge in [0.1, 0.15) is 5.75 Å². The van der Waals surface area contributed by atoms with Crippen molar-refractivity contribution in [1.29, 1.82) is 0 Å². The molecule has 146 valence electrons. The van der Waals surface area contributed by atoms with Gasteiger partial charge in [-0.3, -0.25) is 10.1 Å². The van der Waals surface area contributed by atoms with Crippen LogP contribution in [0.3, 0.4) is 0 Å². The van der Waals surface area contributed by atoms with E-state index in [1.165, 1.54) is 12.5 Å². The van der Waals surface area contributed by atoms with E-state index in [0.717, 1.165) is 24.8 Å². The number of ether oxygens (including phenoxy) is 2. The Kier molecular flexibility index (Phi) is 7.85. The summed E-state index contributed by atoms with van der Waals surface area (Å²) in [6.07, 6.45) is 6.98. The molecule has 0 aromatic heterocycles. The predicted molar refractivity (Wildman–Crippen MR) is 101 cm³/mol. The third kappa shape index (κ3) is 7.13. The number of amides is 3. The number of rotatable bonds is 6. The van der Waals surface area contributed by atoms with Crippen LogP contribution < -0.4 is 15.4 Å². The van der Waals surface area contributed by atoms with Gasteiger partial charge in [0, 0.05) is 12.1 Å². The van der Waals surface area contributed by atoms with Gasteiger partial charge in [-0.2, -0.15) is 0 Å². The monoisotopic (exact) mass is 374 g/mol. The van der Waals surface area contributed by atoms with Crippen molar-refractivity contribution in [3.63, 3.8) is 0 Å². The summed E-state index contributed by atoms with van der Waals surface area (Å²) in [5.74, 6) is -0.282. The summed E-state index contributed by atoms with van der Waals surface area (Å²) < 4.78 is 9.94. The molecule has 0 saturated heterocycles. The lowest BCUT2D eigenvalue weighted by Gasteiger charge is -2.29. The second-order valence-electron chi connectivity index (χ2n) is 6.61. The predicted octanol–water partition coefficient (Wildman–Crippen LogP) is 2.66. The van der Waals surface area contributed by atoms with Crippen molar-refractivity contribution in [3.8, 4) is 5.75 Å². The summed E-state index contributed by atoms with van der Waals surface area (Å²) in [5, 5.41) is 4.99. The Labute approximate surface area is 159 Å². The Morgan fingerprint density at radius 2 is 2.00 bits per heavy atom. The molecule has 2 atom stereocenters. The number of benzene rings is 1. The van der Waals surface area contributed by atoms with Gasteiger partial charge in [-0.1, -0.05) is 31.9 Å². The molecule has 1 aromatic carbocycles. The molecule has 0 radical (unpaired) electrons. The van der Waals surface area contributed by atoms with Crippen molar-refractivity contribution in [3.05, 3.63) is 35.9 Å². The molecule has 1 fully saturated rings. The lowest BCUT2D eigenvalue weighted by atomic mass is 9.86. The summed E-state index contributed by atoms with van der Waals surface area (Å²) in [5.41, 5.74) is 0.761. The van der Waals surface area contributed by atoms with Crippen molar-refractivity contribution < 1.29 is 23.9 Å². The largest absolute Gasteiger partial charge is 0.497 e. The second kappa shape index (κ2) is 10.4. The molecule has 1 saturated carbocycles. The zero-order valence-electron chi connectivity index (χ0n) is 15.7. The van der Waals surface area contributed by atoms with E-state index in [1.54, 1.807) is 37.5 Å². The van der Waals surface area contributed by atoms with Crippen LogP contribution in [0, 0.1) is 5.92 Å². The molecule has 0 aliphatic heterocycles. The number of esters is 1. The molecule has 7 heteroatoms. The van der Waals surface area contributed by atoms with E-state index < -0.39 is 24.5 Å². The van der Waals surface area contributed by atoms with E-state index >= 15 is 0 Å². The van der Waals surface area contributed by atoms with Crippen LogP contribution in [0.25, 0.3) is 6.08 Å². The Hall–Kier alpha value is -2.83. The molecule has 1 aromatic rings. The van der Waals surface area contributed by atoms with Gasteiger partial charge in [0.05, 0.1) is 7.11 Å². The summed E-state index contributed by atoms with van der Waals surface area (Å²) in [6, 6.07) is 6.66. The van der Waals surface area contributed by atoms with Crippen molar-refractivity contribution >= 4 is 24.0 Å². The minimum atomic E-state index is -0.672. The maximum Gasteiger partial charge on any atom is 0.331 e. The zero-order chi connectivity index (χ0) is 19.6. The average molecular weight is 374 g/mol. The third-order valence-electron chi connectivity index (χ3n) is 4.53. The van der Waals surface area contributed by atoms with E-state index in [1.807, 2.05) is 0 Å². The normalized spacial score (nSPS) is 19.3. The maximum atomic E-state index is 11.9. The molecule has 0 heterocycles. The van der Waals surface area contributed by atoms with E-state index in [2.05, 4.69) is 17.6 Å². The van der Waals surface area contributed by atoms with Crippen LogP contribution in [-0.2, 0) is 14.3 Å². The highest BCUT2D eigenvalue weighted by Crippen LogP contribution is 2.23. The van der Waals surface area contributed by atoms with Gasteiger partial charge in [0.2, 0.25) is 0 Å². The van der Waals surface area contributed by atoms with Gasteiger partial charge in [-0.25, -0.2) is 9.59 Å². The van der Waals surface area contributed by atoms with Crippen molar-refractivity contribution in [2.24, 2.45) is 5.92 Å². The highest BCUT2D eigenvalue weighted by atomic mass is 16.5. The lowest BCUT2D eigenvalue weighted by molar-refractivity contribution is -0.143. The second-order valence-corrected chi connectivity index (χ2v) is 6.61. The van der Waals surface area contributed by atoms with E-state index in [4.69, 9.17) is 9.47 Å². The topological polar surface area (TPSA) is 93.7 Å². The van der Waals surface area contributed by atoms with Crippen LogP contribution in [0.1, 0.15) is 38.2 Å². The van der Waals surface area contributed by atoms with Crippen LogP contribution in [-0.4, -0.2) is 37.7 Å². The molecular weight excluding hydrogens is 348 g/mol. The molecule has 27 heavy (non-hydrogen) atoms. The molecule has 1 aliphatic carbocycles. The molecule has 0 unspecified atom stereocenters. The molecule has 2 N–H and O–H groups in total. The Balaban J connectivity index is 1.71. The van der Waals surface area contributed by atoms with Crippen LogP contribution >= 0.6 is 0 Å². The molecular formula is C20H26N2O5. The highest BCUT2D eigenvalue weighted by Gasteiger charge is 2.23. The maximum absolute atomic E-state index is 11.9. The van der Waals surface area contributed by atoms with Gasteiger partial charge < -0.3 is 14.8 Å². The first-order chi connectivity index (χ1) is 13.0. The Morgan fingerprint density at radius 1 is 1.22 bits per heavy atom. The lowest BCUT2D eigenvalue weighted by Crippen LogP contribution is -2.48. The number of hydrogen-bond donors (Lipinski definition) is 2. The summed E-state index contributed by atoms with van der Waals surface area (Å²) in [4.78, 5) is 35.3. The fourth-order valence-electron chi connectivity index (χ4n) is 2.99. The molecule has 2 rings (SSSR count).